The second kappa shape index (κ2) is 8.32. The van der Waals surface area contributed by atoms with Crippen LogP contribution in [0.3, 0.4) is 0 Å². The van der Waals surface area contributed by atoms with Crippen LogP contribution in [-0.4, -0.2) is 31.2 Å². The maximum Gasteiger partial charge on any atom is 0.225 e. The largest absolute Gasteiger partial charge is 0.325 e. The van der Waals surface area contributed by atoms with Gasteiger partial charge in [-0.3, -0.25) is 9.59 Å². The van der Waals surface area contributed by atoms with Gasteiger partial charge in [0.15, 0.2) is 9.84 Å². The number of nitrogens with one attached hydrogen (secondary N) is 2. The van der Waals surface area contributed by atoms with E-state index in [-0.39, 0.29) is 22.9 Å². The highest BCUT2D eigenvalue weighted by atomic mass is 32.2. The lowest BCUT2D eigenvalue weighted by molar-refractivity contribution is -0.116. The minimum absolute atomic E-state index is 0.00173. The Kier molecular flexibility index (Phi) is 6.04. The molecule has 2 aromatic rings. The molecular weight excluding hydrogens is 403 g/mol. The van der Waals surface area contributed by atoms with E-state index in [2.05, 4.69) is 10.6 Å². The number of amides is 2. The van der Waals surface area contributed by atoms with Gasteiger partial charge >= 0.3 is 0 Å². The molecule has 1 atom stereocenters. The molecule has 2 aromatic carbocycles. The van der Waals surface area contributed by atoms with Crippen molar-refractivity contribution < 1.29 is 22.4 Å². The minimum Gasteiger partial charge on any atom is -0.325 e. The van der Waals surface area contributed by atoms with Crippen LogP contribution in [0.4, 0.5) is 15.8 Å². The average molecular weight is 423 g/mol. The van der Waals surface area contributed by atoms with Gasteiger partial charge in [0, 0.05) is 23.5 Å². The third kappa shape index (κ3) is 4.53. The Hall–Kier alpha value is -2.39. The van der Waals surface area contributed by atoms with E-state index < -0.39 is 26.8 Å². The van der Waals surface area contributed by atoms with Crippen molar-refractivity contribution >= 4 is 44.8 Å². The lowest BCUT2D eigenvalue weighted by Crippen LogP contribution is -2.25. The molecule has 0 aromatic heterocycles. The third-order valence-electron chi connectivity index (χ3n) is 4.29. The van der Waals surface area contributed by atoms with Gasteiger partial charge in [-0.25, -0.2) is 12.8 Å². The summed E-state index contributed by atoms with van der Waals surface area (Å²) in [6.07, 6.45) is 0.0307. The number of fused-ring (bicyclic) bond motifs is 1. The maximum atomic E-state index is 13.6. The van der Waals surface area contributed by atoms with Crippen LogP contribution in [0.1, 0.15) is 19.8 Å². The molecule has 9 heteroatoms. The van der Waals surface area contributed by atoms with Crippen LogP contribution in [0.2, 0.25) is 0 Å². The first kappa shape index (κ1) is 20.3. The highest BCUT2D eigenvalue weighted by Crippen LogP contribution is 2.33. The maximum absolute atomic E-state index is 13.6. The fourth-order valence-corrected chi connectivity index (χ4v) is 5.06. The Balaban J connectivity index is 1.76. The molecule has 1 aliphatic rings. The number of rotatable bonds is 5. The first-order chi connectivity index (χ1) is 13.3. The molecular formula is C19H19FN2O4S2. The summed E-state index contributed by atoms with van der Waals surface area (Å²) < 4.78 is 39.4. The van der Waals surface area contributed by atoms with E-state index in [4.69, 9.17) is 0 Å². The van der Waals surface area contributed by atoms with E-state index in [0.29, 0.717) is 17.9 Å². The van der Waals surface area contributed by atoms with Gasteiger partial charge in [0.2, 0.25) is 11.8 Å². The second-order valence-corrected chi connectivity index (χ2v) is 9.90. The second-order valence-electron chi connectivity index (χ2n) is 6.39. The number of hydrogen-bond donors (Lipinski definition) is 2. The lowest BCUT2D eigenvalue weighted by Gasteiger charge is -2.15. The van der Waals surface area contributed by atoms with Gasteiger partial charge in [-0.2, -0.15) is 0 Å². The summed E-state index contributed by atoms with van der Waals surface area (Å²) in [5.41, 5.74) is 0.457. The highest BCUT2D eigenvalue weighted by molar-refractivity contribution is 7.99. The Morgan fingerprint density at radius 3 is 2.79 bits per heavy atom. The molecule has 6 nitrogen and oxygen atoms in total. The molecule has 3 rings (SSSR count). The van der Waals surface area contributed by atoms with Gasteiger partial charge < -0.3 is 10.6 Å². The molecule has 0 fully saturated rings. The monoisotopic (exact) mass is 422 g/mol. The summed E-state index contributed by atoms with van der Waals surface area (Å²) in [5, 5.41) is 4.08. The Morgan fingerprint density at radius 2 is 2.04 bits per heavy atom. The molecule has 0 unspecified atom stereocenters. The molecule has 148 valence electrons. The number of halogens is 1. The lowest BCUT2D eigenvalue weighted by atomic mass is 10.2. The first-order valence-corrected chi connectivity index (χ1v) is 11.2. The fraction of sp³-hybridized carbons (Fsp3) is 0.263. The molecule has 0 aliphatic carbocycles. The SMILES string of the molecule is C[C@@H](CC(=O)Nc1ccccc1F)S(=O)(=O)c1ccc2c(c1)NC(=O)CCS2. The summed E-state index contributed by atoms with van der Waals surface area (Å²) in [6, 6.07) is 10.2. The Morgan fingerprint density at radius 1 is 1.29 bits per heavy atom. The minimum atomic E-state index is -3.81. The molecule has 1 aliphatic heterocycles. The van der Waals surface area contributed by atoms with E-state index in [1.165, 1.54) is 49.0 Å². The van der Waals surface area contributed by atoms with Crippen LogP contribution in [0.25, 0.3) is 0 Å². The zero-order valence-electron chi connectivity index (χ0n) is 15.1. The van der Waals surface area contributed by atoms with Crippen molar-refractivity contribution in [3.05, 3.63) is 48.3 Å². The van der Waals surface area contributed by atoms with Crippen molar-refractivity contribution in [2.24, 2.45) is 0 Å². The predicted octanol–water partition coefficient (Wildman–Crippen LogP) is 3.45. The zero-order valence-corrected chi connectivity index (χ0v) is 16.7. The smallest absolute Gasteiger partial charge is 0.225 e. The average Bonchev–Trinajstić information content (AvgIpc) is 2.83. The third-order valence-corrected chi connectivity index (χ3v) is 7.50. The van der Waals surface area contributed by atoms with Crippen molar-refractivity contribution in [3.8, 4) is 0 Å². The van der Waals surface area contributed by atoms with Crippen LogP contribution in [0, 0.1) is 5.82 Å². The van der Waals surface area contributed by atoms with Crippen molar-refractivity contribution in [1.29, 1.82) is 0 Å². The van der Waals surface area contributed by atoms with E-state index >= 15 is 0 Å². The zero-order chi connectivity index (χ0) is 20.3. The van der Waals surface area contributed by atoms with E-state index in [1.54, 1.807) is 12.1 Å². The van der Waals surface area contributed by atoms with E-state index in [0.717, 1.165) is 4.90 Å². The van der Waals surface area contributed by atoms with E-state index in [9.17, 15) is 22.4 Å². The number of sulfone groups is 1. The number of benzene rings is 2. The van der Waals surface area contributed by atoms with Gasteiger partial charge in [-0.15, -0.1) is 11.8 Å². The van der Waals surface area contributed by atoms with E-state index in [1.807, 2.05) is 0 Å². The van der Waals surface area contributed by atoms with Crippen LogP contribution >= 0.6 is 11.8 Å². The van der Waals surface area contributed by atoms with Gasteiger partial charge in [-0.05, 0) is 37.3 Å². The van der Waals surface area contributed by atoms with Gasteiger partial charge in [0.25, 0.3) is 0 Å². The van der Waals surface area contributed by atoms with Crippen molar-refractivity contribution in [2.75, 3.05) is 16.4 Å². The van der Waals surface area contributed by atoms with Crippen molar-refractivity contribution in [2.45, 2.75) is 34.8 Å². The molecule has 0 saturated carbocycles. The van der Waals surface area contributed by atoms with Crippen LogP contribution in [0.15, 0.2) is 52.3 Å². The van der Waals surface area contributed by atoms with Crippen molar-refractivity contribution in [3.63, 3.8) is 0 Å². The number of hydrogen-bond acceptors (Lipinski definition) is 5. The van der Waals surface area contributed by atoms with Crippen LogP contribution in [-0.2, 0) is 19.4 Å². The summed E-state index contributed by atoms with van der Waals surface area (Å²) in [5.74, 6) is -0.736. The summed E-state index contributed by atoms with van der Waals surface area (Å²) >= 11 is 1.48. The molecule has 2 N–H and O–H groups in total. The van der Waals surface area contributed by atoms with Crippen LogP contribution < -0.4 is 10.6 Å². The molecule has 2 amide bonds. The molecule has 0 radical (unpaired) electrons. The quantitative estimate of drug-likeness (QED) is 0.770. The molecule has 0 spiro atoms. The number of carbonyl (C=O) groups is 2. The normalized spacial score (nSPS) is 15.1. The van der Waals surface area contributed by atoms with Crippen LogP contribution in [0.5, 0.6) is 0 Å². The standard InChI is InChI=1S/C19H19FN2O4S2/c1-12(10-19(24)21-15-5-3-2-4-14(15)20)28(25,26)13-6-7-17-16(11-13)22-18(23)8-9-27-17/h2-7,11-12H,8-10H2,1H3,(H,21,24)(H,22,23)/t12-/m0/s1. The Labute approximate surface area is 166 Å². The molecule has 0 bridgehead atoms. The van der Waals surface area contributed by atoms with Crippen molar-refractivity contribution in [1.82, 2.24) is 0 Å². The number of para-hydroxylation sites is 1. The number of thioether (sulfide) groups is 1. The van der Waals surface area contributed by atoms with Gasteiger partial charge in [0.1, 0.15) is 5.82 Å². The Bertz CT molecular complexity index is 1020. The van der Waals surface area contributed by atoms with Gasteiger partial charge in [-0.1, -0.05) is 12.1 Å². The fourth-order valence-electron chi connectivity index (χ4n) is 2.74. The van der Waals surface area contributed by atoms with Gasteiger partial charge in [0.05, 0.1) is 21.5 Å². The summed E-state index contributed by atoms with van der Waals surface area (Å²) in [4.78, 5) is 24.7. The number of carbonyl (C=O) groups excluding carboxylic acids is 2. The predicted molar refractivity (Wildman–Crippen MR) is 107 cm³/mol. The first-order valence-electron chi connectivity index (χ1n) is 8.62. The summed E-state index contributed by atoms with van der Waals surface area (Å²) in [6.45, 7) is 1.43. The number of anilines is 2. The molecule has 1 heterocycles. The molecule has 28 heavy (non-hydrogen) atoms. The topological polar surface area (TPSA) is 92.3 Å². The summed E-state index contributed by atoms with van der Waals surface area (Å²) in [7, 11) is -3.81. The highest BCUT2D eigenvalue weighted by Gasteiger charge is 2.27. The molecule has 0 saturated heterocycles.